The lowest BCUT2D eigenvalue weighted by Crippen LogP contribution is -2.42. The van der Waals surface area contributed by atoms with Crippen LogP contribution >= 0.6 is 23.4 Å². The highest BCUT2D eigenvalue weighted by Crippen LogP contribution is 2.17. The van der Waals surface area contributed by atoms with E-state index in [2.05, 4.69) is 31.1 Å². The first-order valence-electron chi connectivity index (χ1n) is 5.56. The van der Waals surface area contributed by atoms with Gasteiger partial charge in [0, 0.05) is 11.8 Å². The normalized spacial score (nSPS) is 10.1. The van der Waals surface area contributed by atoms with Gasteiger partial charge in [0.05, 0.1) is 18.7 Å². The molecule has 0 heterocycles. The van der Waals surface area contributed by atoms with E-state index in [1.807, 2.05) is 19.1 Å². The predicted octanol–water partition coefficient (Wildman–Crippen LogP) is 3.96. The van der Waals surface area contributed by atoms with Gasteiger partial charge in [0.2, 0.25) is 0 Å². The van der Waals surface area contributed by atoms with Gasteiger partial charge in [0.25, 0.3) is 5.91 Å². The number of amides is 1. The molecule has 0 aliphatic rings. The summed E-state index contributed by atoms with van der Waals surface area (Å²) in [5.41, 5.74) is 0.508. The quantitative estimate of drug-likeness (QED) is 0.500. The highest BCUT2D eigenvalue weighted by Gasteiger charge is 2.24. The lowest BCUT2D eigenvalue weighted by atomic mass is 10.2. The number of carbonyl (C=O) groups excluding carboxylic acids is 1. The summed E-state index contributed by atoms with van der Waals surface area (Å²) in [6.07, 6.45) is 1.75. The van der Waals surface area contributed by atoms with Crippen molar-refractivity contribution in [2.45, 2.75) is 26.6 Å². The summed E-state index contributed by atoms with van der Waals surface area (Å²) < 4.78 is 0. The maximum atomic E-state index is 11.6. The van der Waals surface area contributed by atoms with Crippen LogP contribution in [0.4, 0.5) is 0 Å². The number of hydrogen-bond donors (Lipinski definition) is 1. The lowest BCUT2D eigenvalue weighted by Gasteiger charge is -2.20. The van der Waals surface area contributed by atoms with E-state index in [-0.39, 0.29) is 5.91 Å². The Hall–Kier alpha value is -0.773. The molecule has 1 aromatic rings. The number of rotatable bonds is 2. The number of hydrogen-bond acceptors (Lipinski definition) is 1. The lowest BCUT2D eigenvalue weighted by molar-refractivity contribution is 0.0983. The first-order valence-corrected chi connectivity index (χ1v) is 9.82. The van der Waals surface area contributed by atoms with Crippen LogP contribution in [0, 0.1) is 0 Å². The molecular weight excluding hydrogens is 285 g/mol. The van der Waals surface area contributed by atoms with E-state index < -0.39 is 8.07 Å². The molecule has 0 unspecified atom stereocenters. The van der Waals surface area contributed by atoms with Crippen molar-refractivity contribution < 1.29 is 4.79 Å². The Kier molecular flexibility index (Phi) is 7.29. The fourth-order valence-electron chi connectivity index (χ4n) is 1.43. The summed E-state index contributed by atoms with van der Waals surface area (Å²) in [6.45, 7) is 11.7. The van der Waals surface area contributed by atoms with Gasteiger partial charge in [0.15, 0.2) is 0 Å². The van der Waals surface area contributed by atoms with Crippen molar-refractivity contribution in [3.8, 4) is 0 Å². The average Bonchev–Trinajstić information content (AvgIpc) is 2.27. The molecule has 0 fully saturated rings. The molecule has 1 aromatic carbocycles. The smallest absolute Gasteiger partial charge is 0.267 e. The van der Waals surface area contributed by atoms with E-state index >= 15 is 0 Å². The predicted molar refractivity (Wildman–Crippen MR) is 83.6 cm³/mol. The Labute approximate surface area is 120 Å². The van der Waals surface area contributed by atoms with Crippen LogP contribution < -0.4 is 10.0 Å². The van der Waals surface area contributed by atoms with Crippen LogP contribution in [-0.4, -0.2) is 14.0 Å². The maximum absolute atomic E-state index is 11.6. The Morgan fingerprint density at radius 1 is 1.39 bits per heavy atom. The average molecular weight is 304 g/mol. The van der Waals surface area contributed by atoms with Crippen LogP contribution in [0.3, 0.4) is 0 Å². The highest BCUT2D eigenvalue weighted by molar-refractivity contribution is 6.89. The second-order valence-electron chi connectivity index (χ2n) is 4.74. The van der Waals surface area contributed by atoms with Crippen molar-refractivity contribution in [1.82, 2.24) is 4.84 Å². The fourth-order valence-corrected chi connectivity index (χ4v) is 3.46. The summed E-state index contributed by atoms with van der Waals surface area (Å²) in [5.74, 6) is -0.334. The minimum atomic E-state index is -1.59. The van der Waals surface area contributed by atoms with Crippen LogP contribution in [0.2, 0.25) is 24.7 Å². The Bertz CT molecular complexity index is 427. The number of halogens is 2. The Balaban J connectivity index is 0.000000873. The second kappa shape index (κ2) is 7.62. The molecule has 18 heavy (non-hydrogen) atoms. The molecule has 1 rings (SSSR count). The molecule has 100 valence electrons. The molecule has 0 bridgehead atoms. The molecule has 0 radical (unpaired) electrons. The third-order valence-electron chi connectivity index (χ3n) is 2.13. The molecular formula is C13H19Cl2NOSi. The first kappa shape index (κ1) is 17.2. The van der Waals surface area contributed by atoms with Gasteiger partial charge in [-0.05, 0) is 18.2 Å². The van der Waals surface area contributed by atoms with Gasteiger partial charge in [0.1, 0.15) is 0 Å². The van der Waals surface area contributed by atoms with Crippen molar-refractivity contribution in [3.05, 3.63) is 41.4 Å². The summed E-state index contributed by atoms with van der Waals surface area (Å²) in [6, 6.07) is 5.51. The van der Waals surface area contributed by atoms with E-state index in [0.717, 1.165) is 5.19 Å². The Morgan fingerprint density at radius 2 is 1.89 bits per heavy atom. The van der Waals surface area contributed by atoms with Crippen LogP contribution in [0.25, 0.3) is 0 Å². The molecule has 0 aliphatic heterocycles. The molecule has 0 atom stereocenters. The van der Waals surface area contributed by atoms with E-state index in [0.29, 0.717) is 10.6 Å². The molecule has 0 saturated heterocycles. The third kappa shape index (κ3) is 4.84. The SMILES string of the molecule is C=CC.C[Si](C)(C)c1cccc(Cl)c1C(=O)NCl. The van der Waals surface area contributed by atoms with Crippen molar-refractivity contribution in [1.29, 1.82) is 0 Å². The summed E-state index contributed by atoms with van der Waals surface area (Å²) in [5, 5.41) is 1.47. The molecule has 1 N–H and O–H groups in total. The van der Waals surface area contributed by atoms with Gasteiger partial charge in [-0.15, -0.1) is 6.58 Å². The van der Waals surface area contributed by atoms with Gasteiger partial charge in [-0.25, -0.2) is 0 Å². The minimum Gasteiger partial charge on any atom is -0.268 e. The van der Waals surface area contributed by atoms with E-state index in [1.165, 1.54) is 0 Å². The molecule has 1 amide bonds. The zero-order valence-electron chi connectivity index (χ0n) is 11.2. The van der Waals surface area contributed by atoms with E-state index in [4.69, 9.17) is 23.4 Å². The number of benzene rings is 1. The summed E-state index contributed by atoms with van der Waals surface area (Å²) >= 11 is 11.3. The highest BCUT2D eigenvalue weighted by atomic mass is 35.5. The first-order chi connectivity index (χ1) is 8.29. The molecule has 0 aliphatic carbocycles. The third-order valence-corrected chi connectivity index (χ3v) is 4.65. The van der Waals surface area contributed by atoms with Crippen LogP contribution in [0.15, 0.2) is 30.9 Å². The number of carbonyl (C=O) groups is 1. The topological polar surface area (TPSA) is 29.1 Å². The van der Waals surface area contributed by atoms with Crippen molar-refractivity contribution in [3.63, 3.8) is 0 Å². The van der Waals surface area contributed by atoms with Gasteiger partial charge in [-0.2, -0.15) is 0 Å². The van der Waals surface area contributed by atoms with Crippen molar-refractivity contribution in [2.24, 2.45) is 0 Å². The summed E-state index contributed by atoms with van der Waals surface area (Å²) in [4.78, 5) is 13.7. The van der Waals surface area contributed by atoms with Gasteiger partial charge in [-0.1, -0.05) is 49.5 Å². The van der Waals surface area contributed by atoms with Crippen LogP contribution in [0.1, 0.15) is 17.3 Å². The number of allylic oxidation sites excluding steroid dienone is 1. The van der Waals surface area contributed by atoms with Crippen molar-refractivity contribution >= 4 is 42.5 Å². The number of nitrogens with one attached hydrogen (secondary N) is 1. The zero-order valence-corrected chi connectivity index (χ0v) is 13.7. The fraction of sp³-hybridized carbons (Fsp3) is 0.308. The van der Waals surface area contributed by atoms with Gasteiger partial charge >= 0.3 is 0 Å². The maximum Gasteiger partial charge on any atom is 0.267 e. The monoisotopic (exact) mass is 303 g/mol. The molecule has 0 saturated carbocycles. The largest absolute Gasteiger partial charge is 0.268 e. The Morgan fingerprint density at radius 3 is 2.28 bits per heavy atom. The minimum absolute atomic E-state index is 0.334. The van der Waals surface area contributed by atoms with E-state index in [9.17, 15) is 4.79 Å². The van der Waals surface area contributed by atoms with Crippen LogP contribution in [-0.2, 0) is 0 Å². The van der Waals surface area contributed by atoms with Gasteiger partial charge in [-0.3, -0.25) is 9.63 Å². The second-order valence-corrected chi connectivity index (χ2v) is 10.4. The molecule has 0 spiro atoms. The molecule has 5 heteroatoms. The molecule has 2 nitrogen and oxygen atoms in total. The standard InChI is InChI=1S/C10H13Cl2NOSi.C3H6/c1-15(2,3)8-6-4-5-7(11)9(8)10(14)13-12;1-3-2/h4-6H,1-3H3,(H,13,14);3H,1H2,2H3. The van der Waals surface area contributed by atoms with Crippen molar-refractivity contribution in [2.75, 3.05) is 0 Å². The van der Waals surface area contributed by atoms with Crippen LogP contribution in [0.5, 0.6) is 0 Å². The summed E-state index contributed by atoms with van der Waals surface area (Å²) in [7, 11) is -1.59. The molecule has 0 aromatic heterocycles. The van der Waals surface area contributed by atoms with Gasteiger partial charge < -0.3 is 0 Å². The zero-order chi connectivity index (χ0) is 14.3. The van der Waals surface area contributed by atoms with E-state index in [1.54, 1.807) is 12.1 Å².